The third-order valence-electron chi connectivity index (χ3n) is 5.17. The largest absolute Gasteiger partial charge is 0.342 e. The Morgan fingerprint density at radius 2 is 1.82 bits per heavy atom. The molecular formula is C24H28BrN5O2S. The third-order valence-corrected chi connectivity index (χ3v) is 6.60. The number of nitrogens with one attached hydrogen (secondary N) is 2. The topological polar surface area (TPSA) is 88.9 Å². The van der Waals surface area contributed by atoms with Crippen molar-refractivity contribution < 1.29 is 9.59 Å². The third kappa shape index (κ3) is 6.23. The highest BCUT2D eigenvalue weighted by molar-refractivity contribution is 9.10. The van der Waals surface area contributed by atoms with Gasteiger partial charge in [-0.25, -0.2) is 0 Å². The van der Waals surface area contributed by atoms with E-state index in [4.69, 9.17) is 0 Å². The van der Waals surface area contributed by atoms with Gasteiger partial charge in [-0.1, -0.05) is 45.4 Å². The second-order valence-electron chi connectivity index (χ2n) is 7.90. The maximum absolute atomic E-state index is 12.6. The Balaban J connectivity index is 1.65. The van der Waals surface area contributed by atoms with Crippen molar-refractivity contribution in [1.29, 1.82) is 0 Å². The maximum atomic E-state index is 12.6. The van der Waals surface area contributed by atoms with E-state index in [0.29, 0.717) is 23.1 Å². The second kappa shape index (κ2) is 11.0. The van der Waals surface area contributed by atoms with E-state index in [-0.39, 0.29) is 23.6 Å². The summed E-state index contributed by atoms with van der Waals surface area (Å²) in [6.07, 6.45) is 0. The molecular weight excluding hydrogens is 502 g/mol. The lowest BCUT2D eigenvalue weighted by atomic mass is 10.1. The van der Waals surface area contributed by atoms with Gasteiger partial charge in [0.05, 0.1) is 11.8 Å². The highest BCUT2D eigenvalue weighted by Gasteiger charge is 2.20. The Kier molecular flexibility index (Phi) is 8.31. The molecule has 33 heavy (non-hydrogen) atoms. The molecule has 7 nitrogen and oxygen atoms in total. The summed E-state index contributed by atoms with van der Waals surface area (Å²) in [6.45, 7) is 10.4. The molecule has 0 saturated heterocycles. The van der Waals surface area contributed by atoms with Gasteiger partial charge in [0.1, 0.15) is 0 Å². The average Bonchev–Trinajstić information content (AvgIpc) is 3.17. The van der Waals surface area contributed by atoms with Crippen molar-refractivity contribution in [2.24, 2.45) is 0 Å². The number of anilines is 1. The van der Waals surface area contributed by atoms with Gasteiger partial charge >= 0.3 is 0 Å². The number of aryl methyl sites for hydroxylation is 3. The molecule has 3 rings (SSSR count). The quantitative estimate of drug-likeness (QED) is 0.391. The average molecular weight is 530 g/mol. The Hall–Kier alpha value is -2.65. The fourth-order valence-corrected chi connectivity index (χ4v) is 5.06. The van der Waals surface area contributed by atoms with Crippen molar-refractivity contribution in [3.05, 3.63) is 68.9 Å². The predicted molar refractivity (Wildman–Crippen MR) is 136 cm³/mol. The number of thioether (sulfide) groups is 1. The first-order valence-corrected chi connectivity index (χ1v) is 12.5. The normalized spacial score (nSPS) is 11.8. The Labute approximate surface area is 206 Å². The summed E-state index contributed by atoms with van der Waals surface area (Å²) in [7, 11) is 0. The molecule has 0 aliphatic carbocycles. The lowest BCUT2D eigenvalue weighted by Crippen LogP contribution is -2.28. The maximum Gasteiger partial charge on any atom is 0.251 e. The number of carbonyl (C=O) groups excluding carboxylic acids is 2. The minimum atomic E-state index is -0.332. The predicted octanol–water partition coefficient (Wildman–Crippen LogP) is 5.21. The van der Waals surface area contributed by atoms with Crippen molar-refractivity contribution in [3.8, 4) is 0 Å². The molecule has 0 unspecified atom stereocenters. The van der Waals surface area contributed by atoms with E-state index in [2.05, 4.69) is 36.8 Å². The molecule has 3 aromatic rings. The van der Waals surface area contributed by atoms with Gasteiger partial charge in [0.2, 0.25) is 5.91 Å². The van der Waals surface area contributed by atoms with E-state index in [1.165, 1.54) is 11.8 Å². The number of nitrogens with zero attached hydrogens (tertiary/aromatic N) is 3. The molecule has 0 fully saturated rings. The SMILES string of the molecule is CCn1c(SCC(=O)Nc2c(C)cc(Br)cc2C)nnc1[C@H](C)NC(=O)c1cccc(C)c1. The van der Waals surface area contributed by atoms with Crippen LogP contribution >= 0.6 is 27.7 Å². The standard InChI is InChI=1S/C24H28BrN5O2S/c1-6-30-22(17(5)26-23(32)18-9-7-8-14(2)10-18)28-29-24(30)33-13-20(31)27-21-15(3)11-19(25)12-16(21)4/h7-12,17H,6,13H2,1-5H3,(H,26,32)(H,27,31)/t17-/m0/s1. The summed E-state index contributed by atoms with van der Waals surface area (Å²) in [5, 5.41) is 15.2. The van der Waals surface area contributed by atoms with Gasteiger partial charge in [-0.3, -0.25) is 9.59 Å². The summed E-state index contributed by atoms with van der Waals surface area (Å²) in [4.78, 5) is 25.2. The number of carbonyl (C=O) groups is 2. The molecule has 2 aromatic carbocycles. The van der Waals surface area contributed by atoms with Gasteiger partial charge in [0, 0.05) is 22.3 Å². The van der Waals surface area contributed by atoms with Crippen LogP contribution in [0, 0.1) is 20.8 Å². The molecule has 1 aromatic heterocycles. The van der Waals surface area contributed by atoms with Crippen LogP contribution in [0.1, 0.15) is 52.8 Å². The summed E-state index contributed by atoms with van der Waals surface area (Å²) in [6, 6.07) is 11.1. The van der Waals surface area contributed by atoms with Gasteiger partial charge in [-0.2, -0.15) is 0 Å². The molecule has 0 saturated carbocycles. The molecule has 2 amide bonds. The van der Waals surface area contributed by atoms with E-state index < -0.39 is 0 Å². The number of amides is 2. The van der Waals surface area contributed by atoms with Crippen LogP contribution in [0.3, 0.4) is 0 Å². The fraction of sp³-hybridized carbons (Fsp3) is 0.333. The van der Waals surface area contributed by atoms with E-state index >= 15 is 0 Å². The number of halogens is 1. The zero-order valence-corrected chi connectivity index (χ0v) is 21.8. The van der Waals surface area contributed by atoms with Crippen LogP contribution in [0.2, 0.25) is 0 Å². The first kappa shape index (κ1) is 25.0. The minimum Gasteiger partial charge on any atom is -0.342 e. The number of hydrogen-bond donors (Lipinski definition) is 2. The van der Waals surface area contributed by atoms with Gasteiger partial charge in [-0.05, 0) is 70.0 Å². The molecule has 0 aliphatic heterocycles. The molecule has 0 aliphatic rings. The smallest absolute Gasteiger partial charge is 0.251 e. The van der Waals surface area contributed by atoms with E-state index in [0.717, 1.165) is 26.9 Å². The first-order valence-electron chi connectivity index (χ1n) is 10.7. The van der Waals surface area contributed by atoms with Gasteiger partial charge < -0.3 is 15.2 Å². The highest BCUT2D eigenvalue weighted by Crippen LogP contribution is 2.26. The van der Waals surface area contributed by atoms with Crippen molar-refractivity contribution in [3.63, 3.8) is 0 Å². The van der Waals surface area contributed by atoms with Crippen LogP contribution in [0.15, 0.2) is 46.0 Å². The van der Waals surface area contributed by atoms with Crippen molar-refractivity contribution >= 4 is 45.2 Å². The van der Waals surface area contributed by atoms with Crippen LogP contribution in [0.4, 0.5) is 5.69 Å². The number of rotatable bonds is 8. The van der Waals surface area contributed by atoms with Crippen molar-refractivity contribution in [2.45, 2.75) is 52.4 Å². The van der Waals surface area contributed by atoms with Crippen LogP contribution in [-0.2, 0) is 11.3 Å². The van der Waals surface area contributed by atoms with Crippen LogP contribution in [0.25, 0.3) is 0 Å². The Morgan fingerprint density at radius 3 is 2.45 bits per heavy atom. The Morgan fingerprint density at radius 1 is 1.12 bits per heavy atom. The molecule has 1 heterocycles. The Bertz CT molecular complexity index is 1150. The minimum absolute atomic E-state index is 0.110. The molecule has 0 bridgehead atoms. The molecule has 1 atom stereocenters. The van der Waals surface area contributed by atoms with E-state index in [1.807, 2.05) is 69.5 Å². The molecule has 2 N–H and O–H groups in total. The zero-order chi connectivity index (χ0) is 24.1. The highest BCUT2D eigenvalue weighted by atomic mass is 79.9. The monoisotopic (exact) mass is 529 g/mol. The zero-order valence-electron chi connectivity index (χ0n) is 19.4. The van der Waals surface area contributed by atoms with Crippen molar-refractivity contribution in [1.82, 2.24) is 20.1 Å². The number of hydrogen-bond acceptors (Lipinski definition) is 5. The van der Waals surface area contributed by atoms with Gasteiger partial charge in [0.25, 0.3) is 5.91 Å². The van der Waals surface area contributed by atoms with Crippen LogP contribution < -0.4 is 10.6 Å². The van der Waals surface area contributed by atoms with E-state index in [9.17, 15) is 9.59 Å². The number of aromatic nitrogens is 3. The van der Waals surface area contributed by atoms with E-state index in [1.54, 1.807) is 6.07 Å². The summed E-state index contributed by atoms with van der Waals surface area (Å²) < 4.78 is 2.91. The first-order chi connectivity index (χ1) is 15.7. The van der Waals surface area contributed by atoms with Gasteiger partial charge in [0.15, 0.2) is 11.0 Å². The summed E-state index contributed by atoms with van der Waals surface area (Å²) >= 11 is 4.80. The number of benzene rings is 2. The van der Waals surface area contributed by atoms with Crippen LogP contribution in [0.5, 0.6) is 0 Å². The second-order valence-corrected chi connectivity index (χ2v) is 9.76. The lowest BCUT2D eigenvalue weighted by Gasteiger charge is -2.15. The van der Waals surface area contributed by atoms with Gasteiger partial charge in [-0.15, -0.1) is 10.2 Å². The van der Waals surface area contributed by atoms with Crippen LogP contribution in [-0.4, -0.2) is 32.3 Å². The summed E-state index contributed by atoms with van der Waals surface area (Å²) in [5.74, 6) is 0.588. The molecule has 9 heteroatoms. The van der Waals surface area contributed by atoms with Crippen molar-refractivity contribution in [2.75, 3.05) is 11.1 Å². The molecule has 174 valence electrons. The summed E-state index contributed by atoms with van der Waals surface area (Å²) in [5.41, 5.74) is 4.45. The molecule has 0 spiro atoms. The lowest BCUT2D eigenvalue weighted by molar-refractivity contribution is -0.113. The molecule has 0 radical (unpaired) electrons. The fourth-order valence-electron chi connectivity index (χ4n) is 3.57.